The van der Waals surface area contributed by atoms with E-state index < -0.39 is 0 Å². The van der Waals surface area contributed by atoms with E-state index in [2.05, 4.69) is 10.6 Å². The van der Waals surface area contributed by atoms with Crippen LogP contribution in [-0.2, 0) is 0 Å². The van der Waals surface area contributed by atoms with E-state index in [4.69, 9.17) is 21.3 Å². The molecule has 1 fully saturated rings. The van der Waals surface area contributed by atoms with Crippen LogP contribution in [-0.4, -0.2) is 27.7 Å². The van der Waals surface area contributed by atoms with Crippen LogP contribution in [0.3, 0.4) is 0 Å². The summed E-state index contributed by atoms with van der Waals surface area (Å²) in [5, 5.41) is -0.0949. The molecule has 0 N–H and O–H groups in total. The van der Waals surface area contributed by atoms with Crippen LogP contribution >= 0.6 is 23.4 Å². The quantitative estimate of drug-likeness (QED) is 0.783. The van der Waals surface area contributed by atoms with Crippen LogP contribution < -0.4 is 4.74 Å². The summed E-state index contributed by atoms with van der Waals surface area (Å²) >= 11 is 8.36. The number of halogens is 1. The first-order chi connectivity index (χ1) is 9.72. The molecule has 2 heterocycles. The van der Waals surface area contributed by atoms with E-state index in [9.17, 15) is 0 Å². The summed E-state index contributed by atoms with van der Waals surface area (Å²) in [5.41, 5.74) is 2.08. The fraction of sp³-hybridized carbons (Fsp3) is 0.533. The summed E-state index contributed by atoms with van der Waals surface area (Å²) in [7, 11) is 0. The van der Waals surface area contributed by atoms with Gasteiger partial charge in [-0.25, -0.2) is 4.98 Å². The number of para-hydroxylation sites is 1. The molecule has 0 bridgehead atoms. The molecule has 20 heavy (non-hydrogen) atoms. The molecule has 0 aliphatic carbocycles. The Kier molecular flexibility index (Phi) is 4.13. The van der Waals surface area contributed by atoms with Crippen molar-refractivity contribution in [1.82, 2.24) is 9.55 Å². The zero-order chi connectivity index (χ0) is 14.1. The van der Waals surface area contributed by atoms with Gasteiger partial charge in [-0.15, -0.1) is 11.6 Å². The number of benzene rings is 1. The molecule has 1 aromatic heterocycles. The van der Waals surface area contributed by atoms with Crippen LogP contribution in [0.2, 0.25) is 0 Å². The summed E-state index contributed by atoms with van der Waals surface area (Å²) in [6.07, 6.45) is 1.19. The summed E-state index contributed by atoms with van der Waals surface area (Å²) in [5.74, 6) is 4.17. The molecule has 1 aliphatic heterocycles. The van der Waals surface area contributed by atoms with Gasteiger partial charge in [0.25, 0.3) is 0 Å². The fourth-order valence-electron chi connectivity index (χ4n) is 2.77. The van der Waals surface area contributed by atoms with Gasteiger partial charge in [0.2, 0.25) is 0 Å². The first kappa shape index (κ1) is 14.1. The largest absolute Gasteiger partial charge is 0.492 e. The van der Waals surface area contributed by atoms with Crippen molar-refractivity contribution in [3.05, 3.63) is 24.0 Å². The number of imidazole rings is 1. The lowest BCUT2D eigenvalue weighted by Crippen LogP contribution is -2.12. The van der Waals surface area contributed by atoms with Gasteiger partial charge in [-0.1, -0.05) is 6.07 Å². The predicted molar refractivity (Wildman–Crippen MR) is 86.1 cm³/mol. The van der Waals surface area contributed by atoms with Crippen molar-refractivity contribution in [2.45, 2.75) is 31.7 Å². The number of hydrogen-bond donors (Lipinski definition) is 0. The summed E-state index contributed by atoms with van der Waals surface area (Å²) in [4.78, 5) is 4.77. The maximum atomic E-state index is 6.36. The summed E-state index contributed by atoms with van der Waals surface area (Å²) in [6, 6.07) is 6.64. The fourth-order valence-corrected chi connectivity index (χ4v) is 4.12. The standard InChI is InChI=1S/C15H19ClN2OS/c1-3-19-13-6-4-5-12-14(13)17-15(10(2)16)18(12)11-7-8-20-9-11/h4-6,10-11H,3,7-9H2,1-2H3. The first-order valence-electron chi connectivity index (χ1n) is 7.07. The van der Waals surface area contributed by atoms with Crippen LogP contribution in [0.15, 0.2) is 18.2 Å². The van der Waals surface area contributed by atoms with Crippen molar-refractivity contribution in [3.63, 3.8) is 0 Å². The van der Waals surface area contributed by atoms with Crippen molar-refractivity contribution < 1.29 is 4.74 Å². The summed E-state index contributed by atoms with van der Waals surface area (Å²) < 4.78 is 8.03. The number of rotatable bonds is 4. The number of nitrogens with zero attached hydrogens (tertiary/aromatic N) is 2. The van der Waals surface area contributed by atoms with Crippen molar-refractivity contribution in [1.29, 1.82) is 0 Å². The second kappa shape index (κ2) is 5.86. The highest BCUT2D eigenvalue weighted by Gasteiger charge is 2.25. The Morgan fingerprint density at radius 3 is 3.05 bits per heavy atom. The third kappa shape index (κ3) is 2.40. The number of thioether (sulfide) groups is 1. The third-order valence-electron chi connectivity index (χ3n) is 3.64. The van der Waals surface area contributed by atoms with Crippen molar-refractivity contribution in [2.75, 3.05) is 18.1 Å². The number of hydrogen-bond acceptors (Lipinski definition) is 3. The topological polar surface area (TPSA) is 27.1 Å². The smallest absolute Gasteiger partial charge is 0.147 e. The number of alkyl halides is 1. The second-order valence-corrected chi connectivity index (χ2v) is 6.83. The Labute approximate surface area is 128 Å². The molecule has 1 aromatic carbocycles. The van der Waals surface area contributed by atoms with Gasteiger partial charge in [0.15, 0.2) is 0 Å². The van der Waals surface area contributed by atoms with Gasteiger partial charge in [-0.05, 0) is 38.2 Å². The van der Waals surface area contributed by atoms with Gasteiger partial charge >= 0.3 is 0 Å². The molecular weight excluding hydrogens is 292 g/mol. The number of fused-ring (bicyclic) bond motifs is 1. The highest BCUT2D eigenvalue weighted by atomic mass is 35.5. The van der Waals surface area contributed by atoms with Crippen LogP contribution in [0.1, 0.15) is 37.5 Å². The minimum Gasteiger partial charge on any atom is -0.492 e. The average molecular weight is 311 g/mol. The molecule has 0 amide bonds. The van der Waals surface area contributed by atoms with Gasteiger partial charge in [0.1, 0.15) is 17.1 Å². The van der Waals surface area contributed by atoms with Crippen LogP contribution in [0.4, 0.5) is 0 Å². The Hall–Kier alpha value is -0.870. The van der Waals surface area contributed by atoms with Crippen molar-refractivity contribution in [3.8, 4) is 5.75 Å². The van der Waals surface area contributed by atoms with Gasteiger partial charge in [-0.2, -0.15) is 11.8 Å². The van der Waals surface area contributed by atoms with Crippen LogP contribution in [0.25, 0.3) is 11.0 Å². The van der Waals surface area contributed by atoms with E-state index in [1.54, 1.807) is 0 Å². The Bertz CT molecular complexity index is 605. The SMILES string of the molecule is CCOc1cccc2c1nc(C(C)Cl)n2C1CCSC1. The first-order valence-corrected chi connectivity index (χ1v) is 8.67. The molecule has 108 valence electrons. The zero-order valence-corrected chi connectivity index (χ0v) is 13.4. The van der Waals surface area contributed by atoms with Gasteiger partial charge < -0.3 is 9.30 Å². The Balaban J connectivity index is 2.19. The molecule has 3 rings (SSSR count). The maximum absolute atomic E-state index is 6.36. The van der Waals surface area contributed by atoms with E-state index in [1.165, 1.54) is 12.2 Å². The molecule has 5 heteroatoms. The Morgan fingerprint density at radius 1 is 1.55 bits per heavy atom. The van der Waals surface area contributed by atoms with Crippen molar-refractivity contribution >= 4 is 34.4 Å². The average Bonchev–Trinajstić information content (AvgIpc) is 3.05. The van der Waals surface area contributed by atoms with E-state index in [1.807, 2.05) is 37.7 Å². The molecule has 2 unspecified atom stereocenters. The molecule has 0 saturated carbocycles. The highest BCUT2D eigenvalue weighted by molar-refractivity contribution is 7.99. The lowest BCUT2D eigenvalue weighted by Gasteiger charge is -2.16. The van der Waals surface area contributed by atoms with Crippen LogP contribution in [0, 0.1) is 0 Å². The monoisotopic (exact) mass is 310 g/mol. The predicted octanol–water partition coefficient (Wildman–Crippen LogP) is 4.41. The van der Waals surface area contributed by atoms with E-state index in [-0.39, 0.29) is 5.38 Å². The number of ether oxygens (including phenoxy) is 1. The molecule has 2 aromatic rings. The third-order valence-corrected chi connectivity index (χ3v) is 4.98. The van der Waals surface area contributed by atoms with Gasteiger partial charge in [-0.3, -0.25) is 0 Å². The van der Waals surface area contributed by atoms with Gasteiger partial charge in [0, 0.05) is 11.8 Å². The van der Waals surface area contributed by atoms with Crippen LogP contribution in [0.5, 0.6) is 5.75 Å². The summed E-state index contributed by atoms with van der Waals surface area (Å²) in [6.45, 7) is 4.63. The maximum Gasteiger partial charge on any atom is 0.147 e. The molecule has 1 aliphatic rings. The lowest BCUT2D eigenvalue weighted by molar-refractivity contribution is 0.343. The molecule has 0 spiro atoms. The normalized spacial score (nSPS) is 20.4. The van der Waals surface area contributed by atoms with Gasteiger partial charge in [0.05, 0.1) is 17.5 Å². The zero-order valence-electron chi connectivity index (χ0n) is 11.8. The second-order valence-electron chi connectivity index (χ2n) is 5.03. The molecule has 1 saturated heterocycles. The minimum absolute atomic E-state index is 0.0949. The van der Waals surface area contributed by atoms with Crippen molar-refractivity contribution in [2.24, 2.45) is 0 Å². The van der Waals surface area contributed by atoms with E-state index in [0.717, 1.165) is 28.4 Å². The molecule has 3 nitrogen and oxygen atoms in total. The van der Waals surface area contributed by atoms with E-state index >= 15 is 0 Å². The molecule has 2 atom stereocenters. The highest BCUT2D eigenvalue weighted by Crippen LogP contribution is 2.37. The molecule has 0 radical (unpaired) electrons. The number of aromatic nitrogens is 2. The Morgan fingerprint density at radius 2 is 2.40 bits per heavy atom. The molecular formula is C15H19ClN2OS. The minimum atomic E-state index is -0.0949. The lowest BCUT2D eigenvalue weighted by atomic mass is 10.2. The van der Waals surface area contributed by atoms with E-state index in [0.29, 0.717) is 12.6 Å².